The van der Waals surface area contributed by atoms with Crippen molar-refractivity contribution >= 4 is 11.8 Å². The standard InChI is InChI=1S/C17H24N2O3/c1-2-10-18-16(21)12-4-3-5-13(11-12)17(22)19-14-6-8-15(20)9-7-14/h3-5,11,14-15,20H,2,6-10H2,1H3,(H,18,21)(H,19,22). The summed E-state index contributed by atoms with van der Waals surface area (Å²) in [4.78, 5) is 24.2. The molecular weight excluding hydrogens is 280 g/mol. The summed E-state index contributed by atoms with van der Waals surface area (Å²) in [6.07, 6.45) is 3.68. The van der Waals surface area contributed by atoms with Gasteiger partial charge in [0.2, 0.25) is 0 Å². The fourth-order valence-corrected chi connectivity index (χ4v) is 2.63. The predicted octanol–water partition coefficient (Wildman–Crippen LogP) is 1.86. The lowest BCUT2D eigenvalue weighted by Crippen LogP contribution is -2.38. The van der Waals surface area contributed by atoms with Crippen molar-refractivity contribution in [2.75, 3.05) is 6.54 Å². The third-order valence-electron chi connectivity index (χ3n) is 3.95. The van der Waals surface area contributed by atoms with E-state index >= 15 is 0 Å². The molecule has 22 heavy (non-hydrogen) atoms. The van der Waals surface area contributed by atoms with E-state index in [2.05, 4.69) is 10.6 Å². The van der Waals surface area contributed by atoms with Gasteiger partial charge in [-0.1, -0.05) is 13.0 Å². The molecule has 5 heteroatoms. The Bertz CT molecular complexity index is 522. The van der Waals surface area contributed by atoms with E-state index in [1.807, 2.05) is 6.92 Å². The van der Waals surface area contributed by atoms with Crippen LogP contribution in [-0.4, -0.2) is 35.6 Å². The minimum absolute atomic E-state index is 0.105. The Morgan fingerprint density at radius 1 is 1.14 bits per heavy atom. The zero-order valence-corrected chi connectivity index (χ0v) is 13.0. The molecule has 2 rings (SSSR count). The third-order valence-corrected chi connectivity index (χ3v) is 3.95. The molecule has 0 aliphatic heterocycles. The Morgan fingerprint density at radius 2 is 1.77 bits per heavy atom. The van der Waals surface area contributed by atoms with Gasteiger partial charge in [-0.15, -0.1) is 0 Å². The Hall–Kier alpha value is -1.88. The van der Waals surface area contributed by atoms with Crippen LogP contribution in [0.5, 0.6) is 0 Å². The minimum atomic E-state index is -0.237. The molecule has 1 aromatic rings. The molecule has 2 amide bonds. The molecule has 1 saturated carbocycles. The monoisotopic (exact) mass is 304 g/mol. The maximum atomic E-state index is 12.3. The van der Waals surface area contributed by atoms with Crippen LogP contribution in [0.4, 0.5) is 0 Å². The lowest BCUT2D eigenvalue weighted by Gasteiger charge is -2.26. The van der Waals surface area contributed by atoms with Crippen molar-refractivity contribution in [2.45, 2.75) is 51.2 Å². The highest BCUT2D eigenvalue weighted by Crippen LogP contribution is 2.18. The highest BCUT2D eigenvalue weighted by molar-refractivity contribution is 5.99. The van der Waals surface area contributed by atoms with Gasteiger partial charge in [0.05, 0.1) is 6.10 Å². The molecule has 5 nitrogen and oxygen atoms in total. The van der Waals surface area contributed by atoms with Gasteiger partial charge in [0.25, 0.3) is 11.8 Å². The van der Waals surface area contributed by atoms with E-state index in [-0.39, 0.29) is 24.0 Å². The van der Waals surface area contributed by atoms with Crippen LogP contribution < -0.4 is 10.6 Å². The van der Waals surface area contributed by atoms with E-state index in [0.717, 1.165) is 32.1 Å². The normalized spacial score (nSPS) is 21.2. The van der Waals surface area contributed by atoms with Gasteiger partial charge in [0, 0.05) is 23.7 Å². The Kier molecular flexibility index (Phi) is 5.95. The predicted molar refractivity (Wildman–Crippen MR) is 84.8 cm³/mol. The van der Waals surface area contributed by atoms with Gasteiger partial charge in [0.1, 0.15) is 0 Å². The van der Waals surface area contributed by atoms with Crippen molar-refractivity contribution in [2.24, 2.45) is 0 Å². The molecule has 0 bridgehead atoms. The van der Waals surface area contributed by atoms with E-state index in [4.69, 9.17) is 0 Å². The summed E-state index contributed by atoms with van der Waals surface area (Å²) in [6.45, 7) is 2.62. The summed E-state index contributed by atoms with van der Waals surface area (Å²) in [6, 6.07) is 6.87. The van der Waals surface area contributed by atoms with Crippen LogP contribution in [0.25, 0.3) is 0 Å². The number of aliphatic hydroxyl groups is 1. The minimum Gasteiger partial charge on any atom is -0.393 e. The van der Waals surface area contributed by atoms with Crippen molar-refractivity contribution < 1.29 is 14.7 Å². The number of aliphatic hydroxyl groups excluding tert-OH is 1. The van der Waals surface area contributed by atoms with Crippen LogP contribution in [-0.2, 0) is 0 Å². The van der Waals surface area contributed by atoms with E-state index in [9.17, 15) is 14.7 Å². The number of amides is 2. The molecule has 0 unspecified atom stereocenters. The highest BCUT2D eigenvalue weighted by atomic mass is 16.3. The van der Waals surface area contributed by atoms with Gasteiger partial charge in [-0.2, -0.15) is 0 Å². The van der Waals surface area contributed by atoms with Gasteiger partial charge < -0.3 is 15.7 Å². The van der Waals surface area contributed by atoms with Gasteiger partial charge >= 0.3 is 0 Å². The highest BCUT2D eigenvalue weighted by Gasteiger charge is 2.21. The zero-order chi connectivity index (χ0) is 15.9. The number of rotatable bonds is 5. The molecule has 1 aliphatic rings. The largest absolute Gasteiger partial charge is 0.393 e. The molecule has 120 valence electrons. The van der Waals surface area contributed by atoms with Crippen LogP contribution in [0.2, 0.25) is 0 Å². The Morgan fingerprint density at radius 3 is 2.41 bits per heavy atom. The first-order valence-electron chi connectivity index (χ1n) is 7.97. The van der Waals surface area contributed by atoms with Gasteiger partial charge in [-0.3, -0.25) is 9.59 Å². The molecule has 0 saturated heterocycles. The number of nitrogens with one attached hydrogen (secondary N) is 2. The van der Waals surface area contributed by atoms with Crippen LogP contribution in [0, 0.1) is 0 Å². The number of carbonyl (C=O) groups excluding carboxylic acids is 2. The molecule has 0 radical (unpaired) electrons. The first-order valence-corrected chi connectivity index (χ1v) is 7.97. The van der Waals surface area contributed by atoms with E-state index < -0.39 is 0 Å². The maximum Gasteiger partial charge on any atom is 0.251 e. The van der Waals surface area contributed by atoms with Crippen molar-refractivity contribution in [1.29, 1.82) is 0 Å². The second kappa shape index (κ2) is 7.94. The smallest absolute Gasteiger partial charge is 0.251 e. The van der Waals surface area contributed by atoms with E-state index in [1.165, 1.54) is 0 Å². The molecule has 3 N–H and O–H groups in total. The average Bonchev–Trinajstić information content (AvgIpc) is 2.54. The zero-order valence-electron chi connectivity index (χ0n) is 13.0. The van der Waals surface area contributed by atoms with Crippen LogP contribution in [0.3, 0.4) is 0 Å². The molecule has 1 aliphatic carbocycles. The second-order valence-corrected chi connectivity index (χ2v) is 5.82. The summed E-state index contributed by atoms with van der Waals surface area (Å²) in [7, 11) is 0. The average molecular weight is 304 g/mol. The van der Waals surface area contributed by atoms with Gasteiger partial charge in [-0.05, 0) is 50.3 Å². The van der Waals surface area contributed by atoms with E-state index in [1.54, 1.807) is 24.3 Å². The molecule has 1 fully saturated rings. The lowest BCUT2D eigenvalue weighted by atomic mass is 9.93. The lowest BCUT2D eigenvalue weighted by molar-refractivity contribution is 0.0867. The van der Waals surface area contributed by atoms with Crippen molar-refractivity contribution in [3.05, 3.63) is 35.4 Å². The number of hydrogen-bond donors (Lipinski definition) is 3. The van der Waals surface area contributed by atoms with Crippen molar-refractivity contribution in [3.63, 3.8) is 0 Å². The first kappa shape index (κ1) is 16.5. The fourth-order valence-electron chi connectivity index (χ4n) is 2.63. The Labute approximate surface area is 131 Å². The van der Waals surface area contributed by atoms with Crippen molar-refractivity contribution in [3.8, 4) is 0 Å². The van der Waals surface area contributed by atoms with Crippen LogP contribution in [0.15, 0.2) is 24.3 Å². The molecule has 1 aromatic carbocycles. The summed E-state index contributed by atoms with van der Waals surface area (Å²) in [5.74, 6) is -0.316. The molecular formula is C17H24N2O3. The van der Waals surface area contributed by atoms with Crippen LogP contribution >= 0.6 is 0 Å². The number of carbonyl (C=O) groups is 2. The topological polar surface area (TPSA) is 78.4 Å². The summed E-state index contributed by atoms with van der Waals surface area (Å²) < 4.78 is 0. The molecule has 0 spiro atoms. The number of benzene rings is 1. The maximum absolute atomic E-state index is 12.3. The summed E-state index contributed by atoms with van der Waals surface area (Å²) >= 11 is 0. The molecule has 0 aromatic heterocycles. The van der Waals surface area contributed by atoms with Gasteiger partial charge in [-0.25, -0.2) is 0 Å². The second-order valence-electron chi connectivity index (χ2n) is 5.82. The fraction of sp³-hybridized carbons (Fsp3) is 0.529. The SMILES string of the molecule is CCCNC(=O)c1cccc(C(=O)NC2CCC(O)CC2)c1. The quantitative estimate of drug-likeness (QED) is 0.777. The first-order chi connectivity index (χ1) is 10.6. The van der Waals surface area contributed by atoms with E-state index in [0.29, 0.717) is 17.7 Å². The third kappa shape index (κ3) is 4.56. The molecule has 0 atom stereocenters. The van der Waals surface area contributed by atoms with Crippen molar-refractivity contribution in [1.82, 2.24) is 10.6 Å². The summed E-state index contributed by atoms with van der Waals surface area (Å²) in [5, 5.41) is 15.3. The van der Waals surface area contributed by atoms with Crippen LogP contribution in [0.1, 0.15) is 59.7 Å². The number of hydrogen-bond acceptors (Lipinski definition) is 3. The Balaban J connectivity index is 1.96. The summed E-state index contributed by atoms with van der Waals surface area (Å²) in [5.41, 5.74) is 0.996. The molecule has 0 heterocycles. The van der Waals surface area contributed by atoms with Gasteiger partial charge in [0.15, 0.2) is 0 Å².